The standard InChI is InChI=1S/C14H22N4O/c1-3-19-9-12-7-14(17(2)8-12)10-18(11-14)13-15-5-4-6-16-13/h4-6,12H,3,7-11H2,1-2H3. The summed E-state index contributed by atoms with van der Waals surface area (Å²) in [4.78, 5) is 13.4. The summed E-state index contributed by atoms with van der Waals surface area (Å²) in [5.41, 5.74) is 0.320. The highest BCUT2D eigenvalue weighted by Crippen LogP contribution is 2.40. The monoisotopic (exact) mass is 262 g/mol. The Bertz CT molecular complexity index is 419. The van der Waals surface area contributed by atoms with Gasteiger partial charge in [0.25, 0.3) is 0 Å². The summed E-state index contributed by atoms with van der Waals surface area (Å²) in [6, 6.07) is 1.86. The Kier molecular flexibility index (Phi) is 3.41. The fourth-order valence-corrected chi connectivity index (χ4v) is 3.37. The van der Waals surface area contributed by atoms with Crippen LogP contribution >= 0.6 is 0 Å². The van der Waals surface area contributed by atoms with Crippen LogP contribution in [0, 0.1) is 5.92 Å². The molecule has 5 nitrogen and oxygen atoms in total. The lowest BCUT2D eigenvalue weighted by molar-refractivity contribution is 0.112. The number of hydrogen-bond donors (Lipinski definition) is 0. The first kappa shape index (κ1) is 12.8. The van der Waals surface area contributed by atoms with Crippen LogP contribution in [0.25, 0.3) is 0 Å². The maximum absolute atomic E-state index is 5.57. The number of ether oxygens (including phenoxy) is 1. The molecule has 1 atom stereocenters. The molecule has 0 saturated carbocycles. The molecular weight excluding hydrogens is 240 g/mol. The molecule has 19 heavy (non-hydrogen) atoms. The summed E-state index contributed by atoms with van der Waals surface area (Å²) < 4.78 is 5.57. The molecule has 3 rings (SSSR count). The van der Waals surface area contributed by atoms with E-state index in [0.717, 1.165) is 38.8 Å². The fraction of sp³-hybridized carbons (Fsp3) is 0.714. The van der Waals surface area contributed by atoms with Crippen molar-refractivity contribution < 1.29 is 4.74 Å². The number of likely N-dealkylation sites (tertiary alicyclic amines) is 1. The molecule has 1 aromatic heterocycles. The summed E-state index contributed by atoms with van der Waals surface area (Å²) in [6.45, 7) is 6.99. The molecule has 2 fully saturated rings. The second kappa shape index (κ2) is 5.06. The van der Waals surface area contributed by atoms with Crippen LogP contribution in [0.4, 0.5) is 5.95 Å². The molecule has 2 aliphatic heterocycles. The lowest BCUT2D eigenvalue weighted by Crippen LogP contribution is -2.67. The Morgan fingerprint density at radius 2 is 2.11 bits per heavy atom. The summed E-state index contributed by atoms with van der Waals surface area (Å²) in [5, 5.41) is 0. The maximum atomic E-state index is 5.57. The molecule has 2 saturated heterocycles. The van der Waals surface area contributed by atoms with Gasteiger partial charge < -0.3 is 9.64 Å². The zero-order chi connectivity index (χ0) is 13.3. The maximum Gasteiger partial charge on any atom is 0.225 e. The van der Waals surface area contributed by atoms with Gasteiger partial charge in [-0.1, -0.05) is 0 Å². The normalized spacial score (nSPS) is 25.8. The average molecular weight is 262 g/mol. The molecule has 0 aromatic carbocycles. The minimum atomic E-state index is 0.320. The van der Waals surface area contributed by atoms with Crippen molar-refractivity contribution in [3.63, 3.8) is 0 Å². The van der Waals surface area contributed by atoms with Crippen molar-refractivity contribution in [2.75, 3.05) is 44.8 Å². The Morgan fingerprint density at radius 1 is 1.37 bits per heavy atom. The van der Waals surface area contributed by atoms with Crippen LogP contribution in [0.1, 0.15) is 13.3 Å². The fourth-order valence-electron chi connectivity index (χ4n) is 3.37. The van der Waals surface area contributed by atoms with Crippen LogP contribution in [-0.2, 0) is 4.74 Å². The third-order valence-corrected chi connectivity index (χ3v) is 4.37. The molecule has 0 N–H and O–H groups in total. The van der Waals surface area contributed by atoms with Gasteiger partial charge in [-0.2, -0.15) is 0 Å². The predicted molar refractivity (Wildman–Crippen MR) is 74.2 cm³/mol. The third kappa shape index (κ3) is 2.32. The quantitative estimate of drug-likeness (QED) is 0.810. The van der Waals surface area contributed by atoms with Crippen molar-refractivity contribution in [2.24, 2.45) is 5.92 Å². The number of hydrogen-bond acceptors (Lipinski definition) is 5. The predicted octanol–water partition coefficient (Wildman–Crippen LogP) is 1.02. The Hall–Kier alpha value is -1.20. The van der Waals surface area contributed by atoms with E-state index in [1.54, 1.807) is 0 Å². The van der Waals surface area contributed by atoms with Gasteiger partial charge in [-0.15, -0.1) is 0 Å². The average Bonchev–Trinajstić information content (AvgIpc) is 2.73. The zero-order valence-corrected chi connectivity index (χ0v) is 11.7. The number of aromatic nitrogens is 2. The van der Waals surface area contributed by atoms with E-state index >= 15 is 0 Å². The van der Waals surface area contributed by atoms with Gasteiger partial charge in [-0.25, -0.2) is 9.97 Å². The number of rotatable bonds is 4. The lowest BCUT2D eigenvalue weighted by Gasteiger charge is -2.51. The largest absolute Gasteiger partial charge is 0.381 e. The van der Waals surface area contributed by atoms with Crippen molar-refractivity contribution >= 4 is 5.95 Å². The van der Waals surface area contributed by atoms with E-state index in [-0.39, 0.29) is 0 Å². The van der Waals surface area contributed by atoms with Gasteiger partial charge in [0.05, 0.1) is 12.1 Å². The smallest absolute Gasteiger partial charge is 0.225 e. The molecule has 1 aromatic rings. The molecule has 0 amide bonds. The Labute approximate surface area is 114 Å². The van der Waals surface area contributed by atoms with Crippen molar-refractivity contribution in [2.45, 2.75) is 18.9 Å². The summed E-state index contributed by atoms with van der Waals surface area (Å²) in [5.74, 6) is 1.53. The minimum Gasteiger partial charge on any atom is -0.381 e. The van der Waals surface area contributed by atoms with E-state index in [9.17, 15) is 0 Å². The van der Waals surface area contributed by atoms with Crippen LogP contribution < -0.4 is 4.90 Å². The summed E-state index contributed by atoms with van der Waals surface area (Å²) in [6.07, 6.45) is 4.85. The molecule has 104 valence electrons. The highest BCUT2D eigenvalue weighted by molar-refractivity contribution is 5.38. The first-order valence-electron chi connectivity index (χ1n) is 7.04. The zero-order valence-electron chi connectivity index (χ0n) is 11.7. The van der Waals surface area contributed by atoms with E-state index in [2.05, 4.69) is 33.7 Å². The van der Waals surface area contributed by atoms with Crippen LogP contribution in [-0.4, -0.2) is 60.3 Å². The van der Waals surface area contributed by atoms with E-state index in [4.69, 9.17) is 4.74 Å². The minimum absolute atomic E-state index is 0.320. The van der Waals surface area contributed by atoms with E-state index < -0.39 is 0 Å². The molecule has 1 unspecified atom stereocenters. The molecular formula is C14H22N4O. The summed E-state index contributed by atoms with van der Waals surface area (Å²) in [7, 11) is 2.23. The van der Waals surface area contributed by atoms with Crippen LogP contribution in [0.3, 0.4) is 0 Å². The molecule has 2 aliphatic rings. The highest BCUT2D eigenvalue weighted by Gasteiger charge is 2.52. The number of likely N-dealkylation sites (N-methyl/N-ethyl adjacent to an activating group) is 1. The van der Waals surface area contributed by atoms with Gasteiger partial charge in [-0.05, 0) is 32.4 Å². The van der Waals surface area contributed by atoms with Gasteiger partial charge in [0.1, 0.15) is 0 Å². The van der Waals surface area contributed by atoms with Crippen LogP contribution in [0.15, 0.2) is 18.5 Å². The van der Waals surface area contributed by atoms with Gasteiger partial charge in [0, 0.05) is 38.6 Å². The van der Waals surface area contributed by atoms with Crippen LogP contribution in [0.5, 0.6) is 0 Å². The molecule has 3 heterocycles. The van der Waals surface area contributed by atoms with Gasteiger partial charge in [-0.3, -0.25) is 4.90 Å². The van der Waals surface area contributed by atoms with Crippen molar-refractivity contribution in [1.29, 1.82) is 0 Å². The Balaban J connectivity index is 1.59. The second-order valence-electron chi connectivity index (χ2n) is 5.74. The van der Waals surface area contributed by atoms with Gasteiger partial charge >= 0.3 is 0 Å². The van der Waals surface area contributed by atoms with Crippen molar-refractivity contribution in [1.82, 2.24) is 14.9 Å². The Morgan fingerprint density at radius 3 is 2.79 bits per heavy atom. The van der Waals surface area contributed by atoms with Gasteiger partial charge in [0.15, 0.2) is 0 Å². The topological polar surface area (TPSA) is 41.5 Å². The molecule has 0 radical (unpaired) electrons. The van der Waals surface area contributed by atoms with Crippen molar-refractivity contribution in [3.8, 4) is 0 Å². The SMILES string of the molecule is CCOCC1CN(C)C2(C1)CN(c1ncccn1)C2. The van der Waals surface area contributed by atoms with Gasteiger partial charge in [0.2, 0.25) is 5.95 Å². The van der Waals surface area contributed by atoms with Crippen LogP contribution in [0.2, 0.25) is 0 Å². The lowest BCUT2D eigenvalue weighted by atomic mass is 9.85. The first-order valence-corrected chi connectivity index (χ1v) is 7.04. The van der Waals surface area contributed by atoms with Crippen molar-refractivity contribution in [3.05, 3.63) is 18.5 Å². The highest BCUT2D eigenvalue weighted by atomic mass is 16.5. The van der Waals surface area contributed by atoms with E-state index in [0.29, 0.717) is 11.5 Å². The molecule has 5 heteroatoms. The molecule has 0 bridgehead atoms. The number of anilines is 1. The first-order chi connectivity index (χ1) is 9.23. The molecule has 1 spiro atoms. The molecule has 0 aliphatic carbocycles. The number of nitrogens with zero attached hydrogens (tertiary/aromatic N) is 4. The van der Waals surface area contributed by atoms with E-state index in [1.807, 2.05) is 18.5 Å². The van der Waals surface area contributed by atoms with E-state index in [1.165, 1.54) is 6.42 Å². The third-order valence-electron chi connectivity index (χ3n) is 4.37. The second-order valence-corrected chi connectivity index (χ2v) is 5.74. The summed E-state index contributed by atoms with van der Waals surface area (Å²) >= 11 is 0.